The molecule has 3 rings (SSSR count). The van der Waals surface area contributed by atoms with Gasteiger partial charge in [0.1, 0.15) is 11.5 Å². The average Bonchev–Trinajstić information content (AvgIpc) is 2.69. The number of hydrogen-bond acceptors (Lipinski definition) is 3. The van der Waals surface area contributed by atoms with Crippen molar-refractivity contribution in [1.82, 2.24) is 10.2 Å². The van der Waals surface area contributed by atoms with Crippen molar-refractivity contribution in [1.29, 1.82) is 0 Å². The summed E-state index contributed by atoms with van der Waals surface area (Å²) in [5.74, 6) is -1.24. The molecule has 2 amide bonds. The third-order valence-electron chi connectivity index (χ3n) is 4.30. The molecule has 5 nitrogen and oxygen atoms in total. The zero-order valence-electron chi connectivity index (χ0n) is 15.1. The first-order valence-electron chi connectivity index (χ1n) is 8.76. The van der Waals surface area contributed by atoms with Crippen LogP contribution in [0.15, 0.2) is 54.2 Å². The minimum absolute atomic E-state index is 0.0348. The Morgan fingerprint density at radius 3 is 2.41 bits per heavy atom. The first-order chi connectivity index (χ1) is 13.0. The van der Waals surface area contributed by atoms with E-state index in [9.17, 15) is 14.0 Å². The van der Waals surface area contributed by atoms with Crippen LogP contribution in [0.3, 0.4) is 0 Å². The molecule has 1 heterocycles. The molecule has 1 N–H and O–H groups in total. The molecule has 1 aliphatic heterocycles. The van der Waals surface area contributed by atoms with Crippen LogP contribution in [0.5, 0.6) is 0 Å². The quantitative estimate of drug-likeness (QED) is 0.845. The molecular weight excluding hydrogens is 347 g/mol. The highest BCUT2D eigenvalue weighted by molar-refractivity contribution is 6.05. The lowest BCUT2D eigenvalue weighted by Gasteiger charge is -2.27. The molecule has 2 aromatic carbocycles. The number of nitrogens with one attached hydrogen (secondary N) is 1. The largest absolute Gasteiger partial charge is 0.378 e. The molecule has 0 saturated carbocycles. The lowest BCUT2D eigenvalue weighted by Crippen LogP contribution is -2.44. The fourth-order valence-corrected chi connectivity index (χ4v) is 2.74. The van der Waals surface area contributed by atoms with Crippen molar-refractivity contribution in [2.45, 2.75) is 6.92 Å². The van der Waals surface area contributed by atoms with Gasteiger partial charge in [0.25, 0.3) is 11.8 Å². The van der Waals surface area contributed by atoms with Crippen LogP contribution in [0.25, 0.3) is 6.08 Å². The second-order valence-electron chi connectivity index (χ2n) is 6.30. The van der Waals surface area contributed by atoms with E-state index in [1.54, 1.807) is 35.2 Å². The average molecular weight is 368 g/mol. The van der Waals surface area contributed by atoms with Crippen molar-refractivity contribution in [2.75, 3.05) is 26.3 Å². The minimum Gasteiger partial charge on any atom is -0.378 e. The maximum atomic E-state index is 14.1. The van der Waals surface area contributed by atoms with Gasteiger partial charge in [0, 0.05) is 24.2 Å². The predicted octanol–water partition coefficient (Wildman–Crippen LogP) is 2.76. The van der Waals surface area contributed by atoms with E-state index in [-0.39, 0.29) is 17.2 Å². The smallest absolute Gasteiger partial charge is 0.270 e. The second-order valence-corrected chi connectivity index (χ2v) is 6.30. The molecule has 1 aliphatic rings. The standard InChI is InChI=1S/C21H21FN2O3/c1-15-6-8-16(9-7-15)20(25)23-19(14-17-4-2-3-5-18(17)22)21(26)24-10-12-27-13-11-24/h2-9,14H,10-13H2,1H3,(H,23,25)/b19-14+. The number of ether oxygens (including phenoxy) is 1. The maximum absolute atomic E-state index is 14.1. The van der Waals surface area contributed by atoms with Gasteiger partial charge in [-0.05, 0) is 31.2 Å². The van der Waals surface area contributed by atoms with Gasteiger partial charge in [-0.15, -0.1) is 0 Å². The fraction of sp³-hybridized carbons (Fsp3) is 0.238. The molecule has 140 valence electrons. The van der Waals surface area contributed by atoms with E-state index in [1.165, 1.54) is 12.1 Å². The Hall–Kier alpha value is -2.99. The number of aryl methyl sites for hydroxylation is 1. The van der Waals surface area contributed by atoms with E-state index in [0.717, 1.165) is 5.56 Å². The van der Waals surface area contributed by atoms with E-state index in [1.807, 2.05) is 19.1 Å². The molecular formula is C21H21FN2O3. The monoisotopic (exact) mass is 368 g/mol. The minimum atomic E-state index is -0.464. The van der Waals surface area contributed by atoms with Crippen molar-refractivity contribution < 1.29 is 18.7 Å². The van der Waals surface area contributed by atoms with E-state index >= 15 is 0 Å². The Labute approximate surface area is 157 Å². The number of halogens is 1. The van der Waals surface area contributed by atoms with Crippen molar-refractivity contribution in [3.8, 4) is 0 Å². The summed E-state index contributed by atoms with van der Waals surface area (Å²) in [7, 11) is 0. The van der Waals surface area contributed by atoms with Crippen LogP contribution in [-0.4, -0.2) is 43.0 Å². The van der Waals surface area contributed by atoms with Crippen LogP contribution in [0.1, 0.15) is 21.5 Å². The molecule has 0 aliphatic carbocycles. The van der Waals surface area contributed by atoms with Gasteiger partial charge in [0.2, 0.25) is 0 Å². The van der Waals surface area contributed by atoms with E-state index in [2.05, 4.69) is 5.32 Å². The fourth-order valence-electron chi connectivity index (χ4n) is 2.74. The molecule has 2 aromatic rings. The van der Waals surface area contributed by atoms with Gasteiger partial charge in [0.05, 0.1) is 13.2 Å². The Morgan fingerprint density at radius 1 is 1.07 bits per heavy atom. The number of amides is 2. The molecule has 0 bridgehead atoms. The molecule has 6 heteroatoms. The molecule has 1 saturated heterocycles. The van der Waals surface area contributed by atoms with Gasteiger partial charge in [0.15, 0.2) is 0 Å². The van der Waals surface area contributed by atoms with Crippen molar-refractivity contribution >= 4 is 17.9 Å². The van der Waals surface area contributed by atoms with Crippen LogP contribution in [0, 0.1) is 12.7 Å². The zero-order chi connectivity index (χ0) is 19.2. The summed E-state index contributed by atoms with van der Waals surface area (Å²) in [4.78, 5) is 27.1. The summed E-state index contributed by atoms with van der Waals surface area (Å²) >= 11 is 0. The molecule has 0 radical (unpaired) electrons. The third kappa shape index (κ3) is 4.80. The summed E-state index contributed by atoms with van der Waals surface area (Å²) in [6.45, 7) is 3.64. The van der Waals surface area contributed by atoms with E-state index < -0.39 is 11.7 Å². The van der Waals surface area contributed by atoms with Gasteiger partial charge in [-0.25, -0.2) is 4.39 Å². The van der Waals surface area contributed by atoms with Crippen LogP contribution in [0.4, 0.5) is 4.39 Å². The first-order valence-corrected chi connectivity index (χ1v) is 8.76. The van der Waals surface area contributed by atoms with Gasteiger partial charge >= 0.3 is 0 Å². The van der Waals surface area contributed by atoms with E-state index in [4.69, 9.17) is 4.74 Å². The van der Waals surface area contributed by atoms with Crippen molar-refractivity contribution in [3.05, 3.63) is 76.7 Å². The first kappa shape index (κ1) is 18.8. The van der Waals surface area contributed by atoms with Gasteiger partial charge < -0.3 is 15.0 Å². The predicted molar refractivity (Wildman–Crippen MR) is 100 cm³/mol. The number of benzene rings is 2. The maximum Gasteiger partial charge on any atom is 0.270 e. The van der Waals surface area contributed by atoms with Gasteiger partial charge in [-0.3, -0.25) is 9.59 Å². The molecule has 0 atom stereocenters. The van der Waals surface area contributed by atoms with Crippen LogP contribution < -0.4 is 5.32 Å². The Morgan fingerprint density at radius 2 is 1.74 bits per heavy atom. The highest BCUT2D eigenvalue weighted by Crippen LogP contribution is 2.14. The molecule has 27 heavy (non-hydrogen) atoms. The SMILES string of the molecule is Cc1ccc(C(=O)N/C(=C/c2ccccc2F)C(=O)N2CCOCC2)cc1. The summed E-state index contributed by atoms with van der Waals surface area (Å²) in [6, 6.07) is 13.1. The second kappa shape index (κ2) is 8.60. The Bertz CT molecular complexity index is 856. The summed E-state index contributed by atoms with van der Waals surface area (Å²) in [5.41, 5.74) is 1.72. The normalized spacial score (nSPS) is 14.7. The van der Waals surface area contributed by atoms with Crippen molar-refractivity contribution in [3.63, 3.8) is 0 Å². The molecule has 1 fully saturated rings. The van der Waals surface area contributed by atoms with Crippen LogP contribution >= 0.6 is 0 Å². The summed E-state index contributed by atoms with van der Waals surface area (Å²) < 4.78 is 19.3. The summed E-state index contributed by atoms with van der Waals surface area (Å²) in [6.07, 6.45) is 1.37. The number of rotatable bonds is 4. The Balaban J connectivity index is 1.89. The topological polar surface area (TPSA) is 58.6 Å². The number of nitrogens with zero attached hydrogens (tertiary/aromatic N) is 1. The lowest BCUT2D eigenvalue weighted by molar-refractivity contribution is -0.131. The lowest BCUT2D eigenvalue weighted by atomic mass is 10.1. The van der Waals surface area contributed by atoms with Gasteiger partial charge in [-0.2, -0.15) is 0 Å². The summed E-state index contributed by atoms with van der Waals surface area (Å²) in [5, 5.41) is 2.65. The van der Waals surface area contributed by atoms with Crippen molar-refractivity contribution in [2.24, 2.45) is 0 Å². The molecule has 0 spiro atoms. The number of carbonyl (C=O) groups excluding carboxylic acids is 2. The van der Waals surface area contributed by atoms with Crippen LogP contribution in [0.2, 0.25) is 0 Å². The highest BCUT2D eigenvalue weighted by atomic mass is 19.1. The van der Waals surface area contributed by atoms with E-state index in [0.29, 0.717) is 31.9 Å². The molecule has 0 unspecified atom stereocenters. The number of carbonyl (C=O) groups is 2. The Kier molecular flexibility index (Phi) is 5.98. The zero-order valence-corrected chi connectivity index (χ0v) is 15.1. The van der Waals surface area contributed by atoms with Crippen LogP contribution in [-0.2, 0) is 9.53 Å². The van der Waals surface area contributed by atoms with Gasteiger partial charge in [-0.1, -0.05) is 35.9 Å². The molecule has 0 aromatic heterocycles. The number of morpholine rings is 1. The third-order valence-corrected chi connectivity index (χ3v) is 4.30. The number of hydrogen-bond donors (Lipinski definition) is 1. The highest BCUT2D eigenvalue weighted by Gasteiger charge is 2.23.